The maximum absolute atomic E-state index is 6.18. The van der Waals surface area contributed by atoms with Gasteiger partial charge in [0.25, 0.3) is 0 Å². The van der Waals surface area contributed by atoms with Crippen molar-refractivity contribution in [2.24, 2.45) is 16.1 Å². The highest BCUT2D eigenvalue weighted by Crippen LogP contribution is 2.50. The summed E-state index contributed by atoms with van der Waals surface area (Å²) in [6.45, 7) is 5.73. The molecule has 2 fully saturated rings. The third-order valence-electron chi connectivity index (χ3n) is 5.06. The van der Waals surface area contributed by atoms with Crippen molar-refractivity contribution in [1.82, 2.24) is 4.90 Å². The van der Waals surface area contributed by atoms with E-state index >= 15 is 0 Å². The Kier molecular flexibility index (Phi) is 2.43. The number of aliphatic imine (C=N–C) groups is 1. The molecule has 0 aromatic heterocycles. The fourth-order valence-corrected chi connectivity index (χ4v) is 4.34. The van der Waals surface area contributed by atoms with Gasteiger partial charge in [-0.2, -0.15) is 0 Å². The first kappa shape index (κ1) is 11.4. The molecule has 0 saturated heterocycles. The van der Waals surface area contributed by atoms with Crippen LogP contribution in [0.5, 0.6) is 0 Å². The Hall–Kier alpha value is -0.730. The standard InChI is InChI=1S/C14H25N3/c1-13(2)7-8-14(9-13)10-16-12(15)17(14)11-5-3-4-6-11/h11H,3-10H2,1-2H3,(H2,15,16). The summed E-state index contributed by atoms with van der Waals surface area (Å²) >= 11 is 0. The molecule has 3 rings (SSSR count). The lowest BCUT2D eigenvalue weighted by molar-refractivity contribution is 0.141. The van der Waals surface area contributed by atoms with Crippen molar-refractivity contribution in [1.29, 1.82) is 0 Å². The molecule has 1 heterocycles. The molecule has 0 bridgehead atoms. The van der Waals surface area contributed by atoms with Crippen LogP contribution in [0.3, 0.4) is 0 Å². The van der Waals surface area contributed by atoms with Crippen molar-refractivity contribution in [3.8, 4) is 0 Å². The molecule has 17 heavy (non-hydrogen) atoms. The van der Waals surface area contributed by atoms with Gasteiger partial charge in [0.1, 0.15) is 0 Å². The molecule has 2 aliphatic carbocycles. The van der Waals surface area contributed by atoms with Crippen molar-refractivity contribution in [3.63, 3.8) is 0 Å². The average molecular weight is 235 g/mol. The molecule has 0 aromatic carbocycles. The quantitative estimate of drug-likeness (QED) is 0.758. The van der Waals surface area contributed by atoms with Crippen LogP contribution in [-0.4, -0.2) is 29.0 Å². The molecule has 3 nitrogen and oxygen atoms in total. The number of nitrogens with two attached hydrogens (primary N) is 1. The lowest BCUT2D eigenvalue weighted by Crippen LogP contribution is -2.54. The van der Waals surface area contributed by atoms with Crippen LogP contribution < -0.4 is 5.73 Å². The maximum Gasteiger partial charge on any atom is 0.192 e. The molecule has 3 heteroatoms. The Labute approximate surface area is 104 Å². The van der Waals surface area contributed by atoms with Crippen molar-refractivity contribution in [3.05, 3.63) is 0 Å². The molecule has 0 amide bonds. The fourth-order valence-electron chi connectivity index (χ4n) is 4.34. The van der Waals surface area contributed by atoms with Gasteiger partial charge in [0.2, 0.25) is 0 Å². The summed E-state index contributed by atoms with van der Waals surface area (Å²) in [5.74, 6) is 0.828. The van der Waals surface area contributed by atoms with E-state index in [1.54, 1.807) is 0 Å². The highest BCUT2D eigenvalue weighted by atomic mass is 15.4. The summed E-state index contributed by atoms with van der Waals surface area (Å²) in [4.78, 5) is 7.11. The maximum atomic E-state index is 6.18. The van der Waals surface area contributed by atoms with Crippen LogP contribution in [0.1, 0.15) is 58.8 Å². The van der Waals surface area contributed by atoms with Crippen LogP contribution in [0.25, 0.3) is 0 Å². The lowest BCUT2D eigenvalue weighted by atomic mass is 9.86. The summed E-state index contributed by atoms with van der Waals surface area (Å²) in [6, 6.07) is 0.676. The molecule has 0 radical (unpaired) electrons. The Balaban J connectivity index is 1.85. The van der Waals surface area contributed by atoms with Crippen LogP contribution in [0, 0.1) is 5.41 Å². The van der Waals surface area contributed by atoms with Crippen molar-refractivity contribution >= 4 is 5.96 Å². The van der Waals surface area contributed by atoms with Gasteiger partial charge in [0, 0.05) is 6.04 Å². The number of guanidine groups is 1. The fraction of sp³-hybridized carbons (Fsp3) is 0.929. The molecule has 1 spiro atoms. The van der Waals surface area contributed by atoms with Gasteiger partial charge in [-0.1, -0.05) is 26.7 Å². The average Bonchev–Trinajstić information content (AvgIpc) is 2.90. The van der Waals surface area contributed by atoms with Crippen LogP contribution in [0.15, 0.2) is 4.99 Å². The highest BCUT2D eigenvalue weighted by molar-refractivity contribution is 5.81. The van der Waals surface area contributed by atoms with Gasteiger partial charge in [-0.3, -0.25) is 4.99 Å². The van der Waals surface area contributed by atoms with E-state index in [2.05, 4.69) is 23.7 Å². The van der Waals surface area contributed by atoms with Gasteiger partial charge >= 0.3 is 0 Å². The Morgan fingerprint density at radius 3 is 2.53 bits per heavy atom. The van der Waals surface area contributed by atoms with E-state index in [0.717, 1.165) is 12.5 Å². The molecule has 1 atom stereocenters. The second kappa shape index (κ2) is 3.63. The third-order valence-corrected chi connectivity index (χ3v) is 5.06. The van der Waals surface area contributed by atoms with E-state index in [9.17, 15) is 0 Å². The number of hydrogen-bond donors (Lipinski definition) is 1. The summed E-state index contributed by atoms with van der Waals surface area (Å²) < 4.78 is 0. The van der Waals surface area contributed by atoms with E-state index in [1.807, 2.05) is 0 Å². The van der Waals surface area contributed by atoms with E-state index in [4.69, 9.17) is 5.73 Å². The number of rotatable bonds is 1. The minimum absolute atomic E-state index is 0.280. The predicted molar refractivity (Wildman–Crippen MR) is 70.9 cm³/mol. The van der Waals surface area contributed by atoms with Gasteiger partial charge in [0.05, 0.1) is 12.1 Å². The Morgan fingerprint density at radius 1 is 1.24 bits per heavy atom. The summed E-state index contributed by atoms with van der Waals surface area (Å²) in [5, 5.41) is 0. The second-order valence-electron chi connectivity index (χ2n) is 7.05. The number of hydrogen-bond acceptors (Lipinski definition) is 3. The van der Waals surface area contributed by atoms with Crippen LogP contribution in [0.4, 0.5) is 0 Å². The first-order valence-corrected chi connectivity index (χ1v) is 7.12. The van der Waals surface area contributed by atoms with E-state index in [1.165, 1.54) is 44.9 Å². The molecule has 96 valence electrons. The van der Waals surface area contributed by atoms with Crippen LogP contribution >= 0.6 is 0 Å². The van der Waals surface area contributed by atoms with E-state index in [-0.39, 0.29) is 5.54 Å². The Morgan fingerprint density at radius 2 is 1.94 bits per heavy atom. The first-order chi connectivity index (χ1) is 8.03. The largest absolute Gasteiger partial charge is 0.370 e. The van der Waals surface area contributed by atoms with Crippen LogP contribution in [0.2, 0.25) is 0 Å². The summed E-state index contributed by atoms with van der Waals surface area (Å²) in [5.41, 5.74) is 6.93. The number of nitrogens with zero attached hydrogens (tertiary/aromatic N) is 2. The first-order valence-electron chi connectivity index (χ1n) is 7.12. The predicted octanol–water partition coefficient (Wildman–Crippen LogP) is 2.51. The van der Waals surface area contributed by atoms with E-state index < -0.39 is 0 Å². The molecule has 1 unspecified atom stereocenters. The molecule has 2 saturated carbocycles. The van der Waals surface area contributed by atoms with Gasteiger partial charge in [-0.25, -0.2) is 0 Å². The highest BCUT2D eigenvalue weighted by Gasteiger charge is 2.52. The second-order valence-corrected chi connectivity index (χ2v) is 7.05. The minimum Gasteiger partial charge on any atom is -0.370 e. The van der Waals surface area contributed by atoms with Gasteiger partial charge in [0.15, 0.2) is 5.96 Å². The summed E-state index contributed by atoms with van der Waals surface area (Å²) in [6.07, 6.45) is 9.24. The van der Waals surface area contributed by atoms with Crippen molar-refractivity contribution in [2.45, 2.75) is 70.4 Å². The zero-order chi connectivity index (χ0) is 12.1. The SMILES string of the molecule is CC1(C)CCC2(CN=C(N)N2C2CCCC2)C1. The Bertz CT molecular complexity index is 341. The monoisotopic (exact) mass is 235 g/mol. The summed E-state index contributed by atoms with van der Waals surface area (Å²) in [7, 11) is 0. The van der Waals surface area contributed by atoms with Gasteiger partial charge in [-0.05, 0) is 37.5 Å². The van der Waals surface area contributed by atoms with E-state index in [0.29, 0.717) is 11.5 Å². The zero-order valence-electron chi connectivity index (χ0n) is 11.2. The van der Waals surface area contributed by atoms with Crippen molar-refractivity contribution in [2.75, 3.05) is 6.54 Å². The zero-order valence-corrected chi connectivity index (χ0v) is 11.2. The van der Waals surface area contributed by atoms with Crippen LogP contribution in [-0.2, 0) is 0 Å². The molecule has 0 aromatic rings. The van der Waals surface area contributed by atoms with Gasteiger partial charge in [-0.15, -0.1) is 0 Å². The van der Waals surface area contributed by atoms with Gasteiger partial charge < -0.3 is 10.6 Å². The normalized spacial score (nSPS) is 37.1. The molecule has 3 aliphatic rings. The van der Waals surface area contributed by atoms with Crippen molar-refractivity contribution < 1.29 is 0 Å². The smallest absolute Gasteiger partial charge is 0.192 e. The molecular weight excluding hydrogens is 210 g/mol. The topological polar surface area (TPSA) is 41.6 Å². The molecule has 2 N–H and O–H groups in total. The minimum atomic E-state index is 0.280. The third kappa shape index (κ3) is 1.74. The molecule has 1 aliphatic heterocycles. The lowest BCUT2D eigenvalue weighted by Gasteiger charge is -2.41. The molecular formula is C14H25N3.